The fourth-order valence-corrected chi connectivity index (χ4v) is 2.95. The number of methoxy groups -OCH3 is 2. The number of rotatable bonds is 9. The lowest BCUT2D eigenvalue weighted by atomic mass is 9.90. The van der Waals surface area contributed by atoms with E-state index < -0.39 is 0 Å². The summed E-state index contributed by atoms with van der Waals surface area (Å²) in [5, 5.41) is 0. The van der Waals surface area contributed by atoms with Gasteiger partial charge in [-0.15, -0.1) is 0 Å². The Bertz CT molecular complexity index is 223. The first-order valence-corrected chi connectivity index (χ1v) is 7.26. The van der Waals surface area contributed by atoms with Crippen molar-refractivity contribution in [1.82, 2.24) is 4.90 Å². The Hall–Kier alpha value is -0.200. The highest BCUT2D eigenvalue weighted by Gasteiger charge is 2.30. The van der Waals surface area contributed by atoms with Crippen molar-refractivity contribution in [3.63, 3.8) is 0 Å². The Morgan fingerprint density at radius 3 is 2.47 bits per heavy atom. The molecule has 1 aliphatic heterocycles. The summed E-state index contributed by atoms with van der Waals surface area (Å²) in [5.41, 5.74) is 6.05. The summed E-state index contributed by atoms with van der Waals surface area (Å²) in [4.78, 5) is 2.45. The minimum atomic E-state index is 0.358. The topological polar surface area (TPSA) is 57.0 Å². The molecule has 0 spiro atoms. The van der Waals surface area contributed by atoms with E-state index in [0.29, 0.717) is 24.5 Å². The summed E-state index contributed by atoms with van der Waals surface area (Å²) in [6.45, 7) is 6.96. The molecule has 0 aromatic rings. The average molecular weight is 274 g/mol. The van der Waals surface area contributed by atoms with Crippen LogP contribution < -0.4 is 5.73 Å². The van der Waals surface area contributed by atoms with Crippen LogP contribution in [0.2, 0.25) is 0 Å². The highest BCUT2D eigenvalue weighted by atomic mass is 16.5. The van der Waals surface area contributed by atoms with Gasteiger partial charge in [0.05, 0.1) is 13.2 Å². The van der Waals surface area contributed by atoms with Crippen molar-refractivity contribution in [2.24, 2.45) is 11.7 Å². The molecule has 5 nitrogen and oxygen atoms in total. The first kappa shape index (κ1) is 16.9. The van der Waals surface area contributed by atoms with Crippen LogP contribution in [0, 0.1) is 5.92 Å². The Balaban J connectivity index is 2.66. The first-order chi connectivity index (χ1) is 9.24. The SMILES string of the molecule is COCCN(C(C)COC)C(CN)C1CCOCC1. The normalized spacial score (nSPS) is 20.7. The largest absolute Gasteiger partial charge is 0.383 e. The molecule has 1 saturated heterocycles. The smallest absolute Gasteiger partial charge is 0.0615 e. The molecule has 1 heterocycles. The van der Waals surface area contributed by atoms with Crippen molar-refractivity contribution in [3.8, 4) is 0 Å². The third-order valence-electron chi connectivity index (χ3n) is 4.01. The Morgan fingerprint density at radius 2 is 1.95 bits per heavy atom. The average Bonchev–Trinajstić information content (AvgIpc) is 2.44. The number of ether oxygens (including phenoxy) is 3. The van der Waals surface area contributed by atoms with Crippen molar-refractivity contribution < 1.29 is 14.2 Å². The van der Waals surface area contributed by atoms with Gasteiger partial charge in [0.1, 0.15) is 0 Å². The lowest BCUT2D eigenvalue weighted by molar-refractivity contribution is -0.00629. The maximum atomic E-state index is 6.05. The molecule has 0 bridgehead atoms. The fraction of sp³-hybridized carbons (Fsp3) is 1.00. The van der Waals surface area contributed by atoms with E-state index in [1.54, 1.807) is 14.2 Å². The van der Waals surface area contributed by atoms with Gasteiger partial charge >= 0.3 is 0 Å². The predicted octanol–water partition coefficient (Wildman–Crippen LogP) is 0.724. The highest BCUT2D eigenvalue weighted by Crippen LogP contribution is 2.23. The molecule has 1 aliphatic rings. The third kappa shape index (κ3) is 5.36. The van der Waals surface area contributed by atoms with Gasteiger partial charge in [0, 0.05) is 52.6 Å². The molecule has 0 radical (unpaired) electrons. The second-order valence-corrected chi connectivity index (χ2v) is 5.29. The first-order valence-electron chi connectivity index (χ1n) is 7.26. The van der Waals surface area contributed by atoms with Crippen LogP contribution in [-0.4, -0.2) is 70.7 Å². The van der Waals surface area contributed by atoms with Crippen molar-refractivity contribution >= 4 is 0 Å². The summed E-state index contributed by atoms with van der Waals surface area (Å²) < 4.78 is 16.0. The van der Waals surface area contributed by atoms with E-state index in [4.69, 9.17) is 19.9 Å². The van der Waals surface area contributed by atoms with Crippen LogP contribution in [0.15, 0.2) is 0 Å². The molecular formula is C14H30N2O3. The molecule has 0 aromatic carbocycles. The van der Waals surface area contributed by atoms with Crippen molar-refractivity contribution in [2.75, 3.05) is 53.7 Å². The van der Waals surface area contributed by atoms with Crippen LogP contribution in [0.1, 0.15) is 19.8 Å². The Kier molecular flexibility index (Phi) is 8.57. The molecular weight excluding hydrogens is 244 g/mol. The van der Waals surface area contributed by atoms with E-state index in [-0.39, 0.29) is 0 Å². The van der Waals surface area contributed by atoms with Gasteiger partial charge in [-0.05, 0) is 25.7 Å². The second-order valence-electron chi connectivity index (χ2n) is 5.29. The van der Waals surface area contributed by atoms with Gasteiger partial charge in [0.2, 0.25) is 0 Å². The zero-order chi connectivity index (χ0) is 14.1. The zero-order valence-electron chi connectivity index (χ0n) is 12.6. The second kappa shape index (κ2) is 9.66. The molecule has 19 heavy (non-hydrogen) atoms. The van der Waals surface area contributed by atoms with E-state index in [1.807, 2.05) is 0 Å². The van der Waals surface area contributed by atoms with Crippen molar-refractivity contribution in [1.29, 1.82) is 0 Å². The van der Waals surface area contributed by atoms with Gasteiger partial charge in [-0.2, -0.15) is 0 Å². The Labute approximate surface area is 117 Å². The molecule has 2 unspecified atom stereocenters. The summed E-state index contributed by atoms with van der Waals surface area (Å²) in [6.07, 6.45) is 2.20. The minimum Gasteiger partial charge on any atom is -0.383 e. The summed E-state index contributed by atoms with van der Waals surface area (Å²) >= 11 is 0. The van der Waals surface area contributed by atoms with Gasteiger partial charge in [-0.25, -0.2) is 0 Å². The lowest BCUT2D eigenvalue weighted by Gasteiger charge is -2.41. The van der Waals surface area contributed by atoms with Crippen LogP contribution in [0.4, 0.5) is 0 Å². The number of hydrogen-bond donors (Lipinski definition) is 1. The molecule has 1 fully saturated rings. The Morgan fingerprint density at radius 1 is 1.26 bits per heavy atom. The fourth-order valence-electron chi connectivity index (χ4n) is 2.95. The molecule has 114 valence electrons. The monoisotopic (exact) mass is 274 g/mol. The van der Waals surface area contributed by atoms with Crippen LogP contribution in [0.5, 0.6) is 0 Å². The molecule has 2 N–H and O–H groups in total. The highest BCUT2D eigenvalue weighted by molar-refractivity contribution is 4.85. The van der Waals surface area contributed by atoms with E-state index in [2.05, 4.69) is 11.8 Å². The summed E-state index contributed by atoms with van der Waals surface area (Å²) in [5.74, 6) is 0.620. The van der Waals surface area contributed by atoms with E-state index in [9.17, 15) is 0 Å². The van der Waals surface area contributed by atoms with Crippen LogP contribution >= 0.6 is 0 Å². The number of hydrogen-bond acceptors (Lipinski definition) is 5. The van der Waals surface area contributed by atoms with E-state index in [0.717, 1.165) is 45.8 Å². The number of nitrogens with zero attached hydrogens (tertiary/aromatic N) is 1. The summed E-state index contributed by atoms with van der Waals surface area (Å²) in [6, 6.07) is 0.751. The van der Waals surface area contributed by atoms with Gasteiger partial charge in [-0.3, -0.25) is 4.90 Å². The minimum absolute atomic E-state index is 0.358. The molecule has 0 aromatic heterocycles. The standard InChI is InChI=1S/C14H30N2O3/c1-12(11-18-3)16(6-9-17-2)14(10-15)13-4-7-19-8-5-13/h12-14H,4-11,15H2,1-3H3. The zero-order valence-corrected chi connectivity index (χ0v) is 12.6. The summed E-state index contributed by atoms with van der Waals surface area (Å²) in [7, 11) is 3.49. The van der Waals surface area contributed by atoms with Gasteiger partial charge in [0.15, 0.2) is 0 Å². The number of nitrogens with two attached hydrogens (primary N) is 1. The van der Waals surface area contributed by atoms with E-state index in [1.165, 1.54) is 0 Å². The van der Waals surface area contributed by atoms with Gasteiger partial charge < -0.3 is 19.9 Å². The van der Waals surface area contributed by atoms with Crippen LogP contribution in [0.25, 0.3) is 0 Å². The van der Waals surface area contributed by atoms with Crippen LogP contribution in [0.3, 0.4) is 0 Å². The molecule has 0 amide bonds. The van der Waals surface area contributed by atoms with E-state index >= 15 is 0 Å². The molecule has 1 rings (SSSR count). The third-order valence-corrected chi connectivity index (χ3v) is 4.01. The van der Waals surface area contributed by atoms with Crippen molar-refractivity contribution in [2.45, 2.75) is 31.8 Å². The van der Waals surface area contributed by atoms with Gasteiger partial charge in [-0.1, -0.05) is 0 Å². The molecule has 5 heteroatoms. The maximum absolute atomic E-state index is 6.05. The maximum Gasteiger partial charge on any atom is 0.0615 e. The predicted molar refractivity (Wildman–Crippen MR) is 76.3 cm³/mol. The molecule has 0 aliphatic carbocycles. The lowest BCUT2D eigenvalue weighted by Crippen LogP contribution is -2.53. The molecule has 2 atom stereocenters. The molecule has 0 saturated carbocycles. The quantitative estimate of drug-likeness (QED) is 0.671. The van der Waals surface area contributed by atoms with Gasteiger partial charge in [0.25, 0.3) is 0 Å². The van der Waals surface area contributed by atoms with Crippen LogP contribution in [-0.2, 0) is 14.2 Å². The van der Waals surface area contributed by atoms with Crippen molar-refractivity contribution in [3.05, 3.63) is 0 Å².